The molecule has 4 nitrogen and oxygen atoms in total. The molecule has 18 heavy (non-hydrogen) atoms. The van der Waals surface area contributed by atoms with E-state index >= 15 is 0 Å². The van der Waals surface area contributed by atoms with Crippen molar-refractivity contribution in [2.75, 3.05) is 0 Å². The number of rotatable bonds is 2. The van der Waals surface area contributed by atoms with E-state index in [0.29, 0.717) is 11.7 Å². The number of benzene rings is 1. The monoisotopic (exact) mass is 274 g/mol. The van der Waals surface area contributed by atoms with Crippen molar-refractivity contribution < 1.29 is 23.1 Å². The van der Waals surface area contributed by atoms with Crippen LogP contribution < -0.4 is 0 Å². The van der Waals surface area contributed by atoms with E-state index < -0.39 is 17.7 Å². The van der Waals surface area contributed by atoms with Gasteiger partial charge >= 0.3 is 12.1 Å². The Morgan fingerprint density at radius 3 is 2.61 bits per heavy atom. The molecule has 1 aromatic heterocycles. The molecule has 1 heterocycles. The third kappa shape index (κ3) is 2.33. The molecule has 0 radical (unpaired) electrons. The number of alkyl halides is 3. The van der Waals surface area contributed by atoms with Crippen LogP contribution in [0.15, 0.2) is 24.3 Å². The Bertz CT molecular complexity index is 595. The summed E-state index contributed by atoms with van der Waals surface area (Å²) in [6.07, 6.45) is -4.48. The second kappa shape index (κ2) is 4.37. The quantitative estimate of drug-likeness (QED) is 0.914. The Morgan fingerprint density at radius 1 is 1.28 bits per heavy atom. The van der Waals surface area contributed by atoms with E-state index in [-0.39, 0.29) is 17.0 Å². The van der Waals surface area contributed by atoms with Crippen molar-refractivity contribution >= 4 is 17.7 Å². The van der Waals surface area contributed by atoms with E-state index in [2.05, 4.69) is 8.75 Å². The van der Waals surface area contributed by atoms with E-state index in [9.17, 15) is 18.0 Å². The number of hydrogen-bond acceptors (Lipinski definition) is 4. The maximum Gasteiger partial charge on any atom is 0.416 e. The van der Waals surface area contributed by atoms with Gasteiger partial charge < -0.3 is 5.11 Å². The van der Waals surface area contributed by atoms with Crippen molar-refractivity contribution in [1.82, 2.24) is 8.75 Å². The smallest absolute Gasteiger partial charge is 0.416 e. The molecule has 0 spiro atoms. The zero-order chi connectivity index (χ0) is 13.3. The summed E-state index contributed by atoms with van der Waals surface area (Å²) in [5.74, 6) is -1.32. The van der Waals surface area contributed by atoms with Crippen molar-refractivity contribution in [2.45, 2.75) is 6.18 Å². The van der Waals surface area contributed by atoms with Gasteiger partial charge in [-0.1, -0.05) is 12.1 Å². The van der Waals surface area contributed by atoms with E-state index in [4.69, 9.17) is 5.11 Å². The van der Waals surface area contributed by atoms with Gasteiger partial charge in [0.05, 0.1) is 17.3 Å². The van der Waals surface area contributed by atoms with Crippen molar-refractivity contribution in [3.8, 4) is 11.3 Å². The minimum Gasteiger partial charge on any atom is -0.476 e. The van der Waals surface area contributed by atoms with Crippen LogP contribution in [0, 0.1) is 0 Å². The zero-order valence-corrected chi connectivity index (χ0v) is 9.42. The first-order valence-electron chi connectivity index (χ1n) is 4.63. The molecule has 0 atom stereocenters. The van der Waals surface area contributed by atoms with Crippen LogP contribution >= 0.6 is 11.7 Å². The fourth-order valence-electron chi connectivity index (χ4n) is 1.36. The molecule has 8 heteroatoms. The van der Waals surface area contributed by atoms with Gasteiger partial charge in [-0.05, 0) is 12.1 Å². The molecule has 0 amide bonds. The maximum atomic E-state index is 12.5. The molecule has 0 aliphatic rings. The number of nitrogens with zero attached hydrogens (tertiary/aromatic N) is 2. The molecule has 0 aliphatic heterocycles. The lowest BCUT2D eigenvalue weighted by molar-refractivity contribution is -0.137. The molecule has 0 bridgehead atoms. The minimum atomic E-state index is -4.48. The molecular weight excluding hydrogens is 269 g/mol. The maximum absolute atomic E-state index is 12.5. The van der Waals surface area contributed by atoms with E-state index in [1.54, 1.807) is 0 Å². The summed E-state index contributed by atoms with van der Waals surface area (Å²) in [6, 6.07) is 4.31. The second-order valence-corrected chi connectivity index (χ2v) is 3.87. The molecule has 0 aliphatic carbocycles. The summed E-state index contributed by atoms with van der Waals surface area (Å²) >= 11 is 0.641. The van der Waals surface area contributed by atoms with E-state index in [1.165, 1.54) is 12.1 Å². The van der Waals surface area contributed by atoms with Gasteiger partial charge in [0.15, 0.2) is 5.69 Å². The summed E-state index contributed by atoms with van der Waals surface area (Å²) in [6.45, 7) is 0. The average Bonchev–Trinajstić information content (AvgIpc) is 2.77. The third-order valence-electron chi connectivity index (χ3n) is 2.15. The van der Waals surface area contributed by atoms with Gasteiger partial charge in [-0.2, -0.15) is 21.9 Å². The summed E-state index contributed by atoms with van der Waals surface area (Å²) in [7, 11) is 0. The lowest BCUT2D eigenvalue weighted by Gasteiger charge is -2.07. The SMILES string of the molecule is O=C(O)c1nsnc1-c1cccc(C(F)(F)F)c1. The van der Waals surface area contributed by atoms with Crippen LogP contribution in [0.2, 0.25) is 0 Å². The van der Waals surface area contributed by atoms with Crippen LogP contribution in [0.4, 0.5) is 13.2 Å². The molecular formula is C10H5F3N2O2S. The Balaban J connectivity index is 2.52. The molecule has 0 unspecified atom stereocenters. The number of carboxylic acid groups (broad SMARTS) is 1. The van der Waals surface area contributed by atoms with Gasteiger partial charge in [0, 0.05) is 5.56 Å². The number of aromatic carboxylic acids is 1. The molecule has 1 N–H and O–H groups in total. The Hall–Kier alpha value is -1.96. The van der Waals surface area contributed by atoms with E-state index in [0.717, 1.165) is 12.1 Å². The lowest BCUT2D eigenvalue weighted by Crippen LogP contribution is -2.05. The first kappa shape index (κ1) is 12.5. The summed E-state index contributed by atoms with van der Waals surface area (Å²) in [5.41, 5.74) is -1.18. The first-order chi connectivity index (χ1) is 8.39. The predicted molar refractivity (Wildman–Crippen MR) is 57.3 cm³/mol. The van der Waals surface area contributed by atoms with Crippen LogP contribution in [0.1, 0.15) is 16.1 Å². The van der Waals surface area contributed by atoms with Gasteiger partial charge in [0.1, 0.15) is 5.69 Å². The Morgan fingerprint density at radius 2 is 2.00 bits per heavy atom. The van der Waals surface area contributed by atoms with Crippen LogP contribution in [0.5, 0.6) is 0 Å². The topological polar surface area (TPSA) is 63.1 Å². The minimum absolute atomic E-state index is 0.0569. The summed E-state index contributed by atoms with van der Waals surface area (Å²) < 4.78 is 44.8. The standard InChI is InChI=1S/C10H5F3N2O2S/c11-10(12,13)6-3-1-2-5(4-6)7-8(9(16)17)15-18-14-7/h1-4H,(H,16,17). The summed E-state index contributed by atoms with van der Waals surface area (Å²) in [4.78, 5) is 10.8. The zero-order valence-electron chi connectivity index (χ0n) is 8.60. The third-order valence-corrected chi connectivity index (χ3v) is 2.68. The molecule has 1 aromatic carbocycles. The molecule has 94 valence electrons. The van der Waals surface area contributed by atoms with Crippen molar-refractivity contribution in [3.63, 3.8) is 0 Å². The molecule has 0 fully saturated rings. The van der Waals surface area contributed by atoms with Gasteiger partial charge in [-0.25, -0.2) is 4.79 Å². The van der Waals surface area contributed by atoms with Crippen LogP contribution in [-0.2, 0) is 6.18 Å². The number of aromatic nitrogens is 2. The van der Waals surface area contributed by atoms with E-state index in [1.807, 2.05) is 0 Å². The van der Waals surface area contributed by atoms with Crippen molar-refractivity contribution in [3.05, 3.63) is 35.5 Å². The van der Waals surface area contributed by atoms with Gasteiger partial charge in [-0.3, -0.25) is 0 Å². The Kier molecular flexibility index (Phi) is 3.04. The molecule has 0 saturated heterocycles. The highest BCUT2D eigenvalue weighted by Gasteiger charge is 2.31. The largest absolute Gasteiger partial charge is 0.476 e. The van der Waals surface area contributed by atoms with Gasteiger partial charge in [0.2, 0.25) is 0 Å². The lowest BCUT2D eigenvalue weighted by atomic mass is 10.1. The molecule has 2 aromatic rings. The predicted octanol–water partition coefficient (Wildman–Crippen LogP) is 2.92. The fraction of sp³-hybridized carbons (Fsp3) is 0.100. The number of carboxylic acids is 1. The molecule has 0 saturated carbocycles. The van der Waals surface area contributed by atoms with Gasteiger partial charge in [0.25, 0.3) is 0 Å². The van der Waals surface area contributed by atoms with Crippen LogP contribution in [0.25, 0.3) is 11.3 Å². The highest BCUT2D eigenvalue weighted by molar-refractivity contribution is 6.99. The highest BCUT2D eigenvalue weighted by Crippen LogP contribution is 2.32. The number of carbonyl (C=O) groups is 1. The Labute approximate surface area is 103 Å². The number of halogens is 3. The highest BCUT2D eigenvalue weighted by atomic mass is 32.1. The first-order valence-corrected chi connectivity index (χ1v) is 5.36. The summed E-state index contributed by atoms with van der Waals surface area (Å²) in [5, 5.41) is 8.83. The van der Waals surface area contributed by atoms with Crippen LogP contribution in [-0.4, -0.2) is 19.8 Å². The normalized spacial score (nSPS) is 11.5. The van der Waals surface area contributed by atoms with Crippen molar-refractivity contribution in [2.24, 2.45) is 0 Å². The second-order valence-electron chi connectivity index (χ2n) is 3.35. The van der Waals surface area contributed by atoms with Crippen LogP contribution in [0.3, 0.4) is 0 Å². The number of hydrogen-bond donors (Lipinski definition) is 1. The fourth-order valence-corrected chi connectivity index (χ4v) is 1.92. The van der Waals surface area contributed by atoms with Crippen molar-refractivity contribution in [1.29, 1.82) is 0 Å². The molecule has 2 rings (SSSR count). The average molecular weight is 274 g/mol. The van der Waals surface area contributed by atoms with Gasteiger partial charge in [-0.15, -0.1) is 0 Å².